The van der Waals surface area contributed by atoms with Crippen LogP contribution in [-0.4, -0.2) is 5.91 Å². The Labute approximate surface area is 122 Å². The van der Waals surface area contributed by atoms with Gasteiger partial charge in [0.15, 0.2) is 0 Å². The van der Waals surface area contributed by atoms with Crippen LogP contribution in [0.1, 0.15) is 30.5 Å². The molecule has 98 valence electrons. The molecule has 1 unspecified atom stereocenters. The number of halogens is 3. The van der Waals surface area contributed by atoms with E-state index in [1.165, 1.54) is 6.92 Å². The maximum atomic E-state index is 11.2. The Morgan fingerprint density at radius 2 is 1.78 bits per heavy atom. The summed E-state index contributed by atoms with van der Waals surface area (Å²) in [5.41, 5.74) is 2.11. The first kappa shape index (κ1) is 15.4. The predicted molar refractivity (Wildman–Crippen MR) is 76.9 cm³/mol. The van der Waals surface area contributed by atoms with E-state index in [-0.39, 0.29) is 16.4 Å². The SMILES string of the molecule is CC(=O)NC(CC(Cl)=C(Cl)Cl)c1ccc(C)cc1. The average molecular weight is 307 g/mol. The molecule has 1 amide bonds. The summed E-state index contributed by atoms with van der Waals surface area (Å²) < 4.78 is 0.0270. The van der Waals surface area contributed by atoms with E-state index in [0.717, 1.165) is 11.1 Å². The number of amides is 1. The fourth-order valence-electron chi connectivity index (χ4n) is 1.55. The smallest absolute Gasteiger partial charge is 0.217 e. The molecule has 2 nitrogen and oxygen atoms in total. The Morgan fingerprint density at radius 1 is 1.22 bits per heavy atom. The van der Waals surface area contributed by atoms with Gasteiger partial charge in [-0.15, -0.1) is 0 Å². The minimum absolute atomic E-state index is 0.0270. The molecule has 0 aliphatic rings. The molecular formula is C13H14Cl3NO. The standard InChI is InChI=1S/C13H14Cl3NO/c1-8-3-5-10(6-4-8)12(17-9(2)18)7-11(14)13(15)16/h3-6,12H,7H2,1-2H3,(H,17,18). The van der Waals surface area contributed by atoms with E-state index in [1.54, 1.807) is 0 Å². The van der Waals surface area contributed by atoms with Gasteiger partial charge in [0.1, 0.15) is 4.49 Å². The van der Waals surface area contributed by atoms with Gasteiger partial charge in [0, 0.05) is 13.3 Å². The molecule has 1 aromatic carbocycles. The van der Waals surface area contributed by atoms with Crippen molar-refractivity contribution in [2.75, 3.05) is 0 Å². The predicted octanol–water partition coefficient (Wildman–Crippen LogP) is 4.45. The van der Waals surface area contributed by atoms with Crippen LogP contribution in [0.3, 0.4) is 0 Å². The number of aryl methyl sites for hydroxylation is 1. The molecule has 1 N–H and O–H groups in total. The summed E-state index contributed by atoms with van der Waals surface area (Å²) in [6.07, 6.45) is 0.368. The van der Waals surface area contributed by atoms with E-state index in [9.17, 15) is 4.79 Å². The van der Waals surface area contributed by atoms with Crippen LogP contribution in [0.25, 0.3) is 0 Å². The van der Waals surface area contributed by atoms with Gasteiger partial charge in [-0.3, -0.25) is 4.79 Å². The number of carbonyl (C=O) groups excluding carboxylic acids is 1. The molecule has 0 spiro atoms. The van der Waals surface area contributed by atoms with Gasteiger partial charge < -0.3 is 5.32 Å². The molecule has 5 heteroatoms. The highest BCUT2D eigenvalue weighted by Gasteiger charge is 2.15. The van der Waals surface area contributed by atoms with E-state index >= 15 is 0 Å². The monoisotopic (exact) mass is 305 g/mol. The number of carbonyl (C=O) groups is 1. The van der Waals surface area contributed by atoms with Crippen molar-refractivity contribution in [3.8, 4) is 0 Å². The van der Waals surface area contributed by atoms with Gasteiger partial charge in [0.05, 0.1) is 11.1 Å². The number of rotatable bonds is 4. The lowest BCUT2D eigenvalue weighted by atomic mass is 10.0. The molecule has 0 saturated carbocycles. The van der Waals surface area contributed by atoms with Gasteiger partial charge in [-0.1, -0.05) is 64.6 Å². The highest BCUT2D eigenvalue weighted by molar-refractivity contribution is 6.59. The van der Waals surface area contributed by atoms with Crippen LogP contribution in [0.2, 0.25) is 0 Å². The molecule has 0 heterocycles. The largest absolute Gasteiger partial charge is 0.349 e. The molecule has 0 aromatic heterocycles. The summed E-state index contributed by atoms with van der Waals surface area (Å²) in [6, 6.07) is 7.61. The van der Waals surface area contributed by atoms with Gasteiger partial charge in [-0.25, -0.2) is 0 Å². The molecule has 0 saturated heterocycles. The molecule has 0 radical (unpaired) electrons. The normalized spacial score (nSPS) is 11.8. The second-order valence-corrected chi connectivity index (χ2v) is 5.44. The van der Waals surface area contributed by atoms with Crippen LogP contribution >= 0.6 is 34.8 Å². The van der Waals surface area contributed by atoms with Crippen LogP contribution in [0.5, 0.6) is 0 Å². The van der Waals surface area contributed by atoms with Crippen molar-refractivity contribution in [2.45, 2.75) is 26.3 Å². The lowest BCUT2D eigenvalue weighted by molar-refractivity contribution is -0.119. The van der Waals surface area contributed by atoms with E-state index in [4.69, 9.17) is 34.8 Å². The Balaban J connectivity index is 2.94. The lowest BCUT2D eigenvalue weighted by Gasteiger charge is -2.18. The zero-order valence-electron chi connectivity index (χ0n) is 10.1. The van der Waals surface area contributed by atoms with Crippen molar-refractivity contribution in [3.63, 3.8) is 0 Å². The van der Waals surface area contributed by atoms with Gasteiger partial charge in [0.25, 0.3) is 0 Å². The van der Waals surface area contributed by atoms with Gasteiger partial charge in [-0.2, -0.15) is 0 Å². The molecular weight excluding hydrogens is 293 g/mol. The molecule has 18 heavy (non-hydrogen) atoms. The number of hydrogen-bond acceptors (Lipinski definition) is 1. The molecule has 0 aliphatic heterocycles. The second kappa shape index (κ2) is 7.03. The zero-order chi connectivity index (χ0) is 13.7. The molecule has 0 aliphatic carbocycles. The fraction of sp³-hybridized carbons (Fsp3) is 0.308. The van der Waals surface area contributed by atoms with Crippen LogP contribution < -0.4 is 5.32 Å². The topological polar surface area (TPSA) is 29.1 Å². The highest BCUT2D eigenvalue weighted by Crippen LogP contribution is 2.28. The zero-order valence-corrected chi connectivity index (χ0v) is 12.4. The van der Waals surface area contributed by atoms with Crippen molar-refractivity contribution < 1.29 is 4.79 Å². The molecule has 1 atom stereocenters. The van der Waals surface area contributed by atoms with Gasteiger partial charge in [-0.05, 0) is 12.5 Å². The second-order valence-electron chi connectivity index (χ2n) is 4.03. The quantitative estimate of drug-likeness (QED) is 0.875. The average Bonchev–Trinajstić information content (AvgIpc) is 2.28. The summed E-state index contributed by atoms with van der Waals surface area (Å²) in [4.78, 5) is 11.2. The van der Waals surface area contributed by atoms with Crippen molar-refractivity contribution >= 4 is 40.7 Å². The Bertz CT molecular complexity index is 450. The molecule has 1 rings (SSSR count). The third-order valence-corrected chi connectivity index (χ3v) is 3.44. The summed E-state index contributed by atoms with van der Waals surface area (Å²) in [5, 5.41) is 3.16. The molecule has 1 aromatic rings. The van der Waals surface area contributed by atoms with Crippen LogP contribution in [0.15, 0.2) is 33.8 Å². The van der Waals surface area contributed by atoms with Crippen LogP contribution in [0, 0.1) is 6.92 Å². The van der Waals surface area contributed by atoms with E-state index < -0.39 is 0 Å². The minimum Gasteiger partial charge on any atom is -0.349 e. The summed E-state index contributed by atoms with van der Waals surface area (Å²) >= 11 is 17.2. The van der Waals surface area contributed by atoms with Crippen molar-refractivity contribution in [1.29, 1.82) is 0 Å². The maximum absolute atomic E-state index is 11.2. The first-order chi connectivity index (χ1) is 8.40. The lowest BCUT2D eigenvalue weighted by Crippen LogP contribution is -2.26. The summed E-state index contributed by atoms with van der Waals surface area (Å²) in [5.74, 6) is -0.129. The number of hydrogen-bond donors (Lipinski definition) is 1. The Kier molecular flexibility index (Phi) is 6.00. The fourth-order valence-corrected chi connectivity index (χ4v) is 1.86. The van der Waals surface area contributed by atoms with Gasteiger partial charge in [0.2, 0.25) is 5.91 Å². The van der Waals surface area contributed by atoms with Gasteiger partial charge >= 0.3 is 0 Å². The first-order valence-electron chi connectivity index (χ1n) is 5.43. The third-order valence-electron chi connectivity index (χ3n) is 2.45. The summed E-state index contributed by atoms with van der Waals surface area (Å²) in [6.45, 7) is 3.46. The van der Waals surface area contributed by atoms with Crippen molar-refractivity contribution in [2.24, 2.45) is 0 Å². The van der Waals surface area contributed by atoms with Crippen molar-refractivity contribution in [1.82, 2.24) is 5.32 Å². The van der Waals surface area contributed by atoms with E-state index in [0.29, 0.717) is 11.5 Å². The minimum atomic E-state index is -0.233. The highest BCUT2D eigenvalue weighted by atomic mass is 35.5. The van der Waals surface area contributed by atoms with E-state index in [2.05, 4.69) is 5.32 Å². The van der Waals surface area contributed by atoms with Crippen molar-refractivity contribution in [3.05, 3.63) is 44.9 Å². The Hall–Kier alpha value is -0.700. The first-order valence-corrected chi connectivity index (χ1v) is 6.57. The number of nitrogens with one attached hydrogen (secondary N) is 1. The Morgan fingerprint density at radius 3 is 2.22 bits per heavy atom. The number of benzene rings is 1. The summed E-state index contributed by atoms with van der Waals surface area (Å²) in [7, 11) is 0. The van der Waals surface area contributed by atoms with Crippen LogP contribution in [0.4, 0.5) is 0 Å². The van der Waals surface area contributed by atoms with Crippen LogP contribution in [-0.2, 0) is 4.79 Å². The molecule has 0 bridgehead atoms. The maximum Gasteiger partial charge on any atom is 0.217 e. The molecule has 0 fully saturated rings. The van der Waals surface area contributed by atoms with E-state index in [1.807, 2.05) is 31.2 Å². The third kappa shape index (κ3) is 4.89.